The summed E-state index contributed by atoms with van der Waals surface area (Å²) in [7, 11) is 0. The van der Waals surface area contributed by atoms with Crippen LogP contribution in [0.2, 0.25) is 5.02 Å². The molecule has 0 spiro atoms. The number of benzene rings is 1. The maximum absolute atomic E-state index is 13.1. The minimum atomic E-state index is -0.344. The van der Waals surface area contributed by atoms with E-state index in [0.717, 1.165) is 24.4 Å². The lowest BCUT2D eigenvalue weighted by Gasteiger charge is -2.16. The molecule has 1 aromatic heterocycles. The maximum Gasteiger partial charge on any atom is 0.138 e. The van der Waals surface area contributed by atoms with Gasteiger partial charge in [0.1, 0.15) is 18.0 Å². The Morgan fingerprint density at radius 1 is 1.43 bits per heavy atom. The van der Waals surface area contributed by atoms with Gasteiger partial charge in [-0.25, -0.2) is 9.37 Å². The van der Waals surface area contributed by atoms with Gasteiger partial charge in [-0.2, -0.15) is 5.10 Å². The molecule has 0 bridgehead atoms. The van der Waals surface area contributed by atoms with Gasteiger partial charge in [0.25, 0.3) is 0 Å². The highest BCUT2D eigenvalue weighted by Gasteiger charge is 2.15. The maximum atomic E-state index is 13.1. The third kappa shape index (κ3) is 4.23. The van der Waals surface area contributed by atoms with E-state index in [1.807, 2.05) is 4.68 Å². The predicted molar refractivity (Wildman–Crippen MR) is 80.2 cm³/mol. The van der Waals surface area contributed by atoms with E-state index in [-0.39, 0.29) is 11.9 Å². The van der Waals surface area contributed by atoms with Crippen molar-refractivity contribution < 1.29 is 4.39 Å². The summed E-state index contributed by atoms with van der Waals surface area (Å²) in [6.07, 6.45) is 3.75. The minimum absolute atomic E-state index is 0.0484. The molecule has 5 nitrogen and oxygen atoms in total. The van der Waals surface area contributed by atoms with Crippen LogP contribution < -0.4 is 11.3 Å². The average Bonchev–Trinajstić information content (AvgIpc) is 2.88. The number of hydrogen-bond acceptors (Lipinski definition) is 4. The van der Waals surface area contributed by atoms with Crippen LogP contribution in [0.4, 0.5) is 4.39 Å². The molecule has 2 rings (SSSR count). The van der Waals surface area contributed by atoms with Crippen molar-refractivity contribution >= 4 is 11.6 Å². The van der Waals surface area contributed by atoms with Crippen molar-refractivity contribution in [3.05, 3.63) is 46.8 Å². The van der Waals surface area contributed by atoms with Crippen LogP contribution in [-0.4, -0.2) is 20.8 Å². The predicted octanol–water partition coefficient (Wildman–Crippen LogP) is 2.10. The Balaban J connectivity index is 2.07. The molecule has 0 saturated carbocycles. The summed E-state index contributed by atoms with van der Waals surface area (Å²) in [6.45, 7) is 2.91. The van der Waals surface area contributed by atoms with E-state index >= 15 is 0 Å². The third-order valence-corrected chi connectivity index (χ3v) is 3.63. The summed E-state index contributed by atoms with van der Waals surface area (Å²) >= 11 is 6.05. The Morgan fingerprint density at radius 2 is 2.24 bits per heavy atom. The van der Waals surface area contributed by atoms with E-state index in [1.54, 1.807) is 12.4 Å². The van der Waals surface area contributed by atoms with E-state index < -0.39 is 0 Å². The highest BCUT2D eigenvalue weighted by atomic mass is 35.5. The smallest absolute Gasteiger partial charge is 0.138 e. The molecule has 7 heteroatoms. The Kier molecular flexibility index (Phi) is 5.67. The lowest BCUT2D eigenvalue weighted by atomic mass is 10.0. The van der Waals surface area contributed by atoms with E-state index in [4.69, 9.17) is 17.4 Å². The fraction of sp³-hybridized carbons (Fsp3) is 0.429. The fourth-order valence-electron chi connectivity index (χ4n) is 2.21. The molecule has 0 aliphatic carbocycles. The SMILES string of the molecule is CCCn1ncnc1CC(Cc1ccc(F)cc1Cl)NN. The second-order valence-corrected chi connectivity index (χ2v) is 5.31. The monoisotopic (exact) mass is 311 g/mol. The van der Waals surface area contributed by atoms with Crippen molar-refractivity contribution in [2.24, 2.45) is 5.84 Å². The van der Waals surface area contributed by atoms with Gasteiger partial charge >= 0.3 is 0 Å². The van der Waals surface area contributed by atoms with Crippen LogP contribution in [0.1, 0.15) is 24.7 Å². The first kappa shape index (κ1) is 15.9. The Labute approximate surface area is 128 Å². The van der Waals surface area contributed by atoms with E-state index in [1.165, 1.54) is 12.1 Å². The van der Waals surface area contributed by atoms with Gasteiger partial charge in [0.2, 0.25) is 0 Å². The van der Waals surface area contributed by atoms with Gasteiger partial charge in [0, 0.05) is 24.0 Å². The number of aryl methyl sites for hydroxylation is 1. The van der Waals surface area contributed by atoms with Gasteiger partial charge in [0.05, 0.1) is 0 Å². The Hall–Kier alpha value is -1.50. The molecule has 0 aliphatic rings. The number of hydrogen-bond donors (Lipinski definition) is 2. The molecule has 2 aromatic rings. The van der Waals surface area contributed by atoms with Crippen molar-refractivity contribution in [1.82, 2.24) is 20.2 Å². The van der Waals surface area contributed by atoms with Crippen LogP contribution in [0.5, 0.6) is 0 Å². The molecule has 1 atom stereocenters. The number of aromatic nitrogens is 3. The molecular weight excluding hydrogens is 293 g/mol. The molecule has 0 saturated heterocycles. The summed E-state index contributed by atoms with van der Waals surface area (Å²) in [5.74, 6) is 6.15. The molecule has 1 unspecified atom stereocenters. The van der Waals surface area contributed by atoms with Crippen molar-refractivity contribution in [2.75, 3.05) is 0 Å². The van der Waals surface area contributed by atoms with Crippen molar-refractivity contribution in [3.63, 3.8) is 0 Å². The first-order chi connectivity index (χ1) is 10.1. The van der Waals surface area contributed by atoms with Crippen LogP contribution in [0.3, 0.4) is 0 Å². The van der Waals surface area contributed by atoms with Gasteiger partial charge in [0.15, 0.2) is 0 Å². The minimum Gasteiger partial charge on any atom is -0.271 e. The topological polar surface area (TPSA) is 68.8 Å². The van der Waals surface area contributed by atoms with Crippen molar-refractivity contribution in [3.8, 4) is 0 Å². The van der Waals surface area contributed by atoms with Gasteiger partial charge < -0.3 is 0 Å². The van der Waals surface area contributed by atoms with Gasteiger partial charge in [-0.3, -0.25) is 16.0 Å². The summed E-state index contributed by atoms with van der Waals surface area (Å²) in [5, 5.41) is 4.60. The molecule has 0 fully saturated rings. The van der Waals surface area contributed by atoms with E-state index in [2.05, 4.69) is 22.4 Å². The number of nitrogens with one attached hydrogen (secondary N) is 1. The van der Waals surface area contributed by atoms with Crippen molar-refractivity contribution in [2.45, 2.75) is 38.8 Å². The molecule has 1 aromatic carbocycles. The lowest BCUT2D eigenvalue weighted by Crippen LogP contribution is -2.39. The van der Waals surface area contributed by atoms with Crippen LogP contribution in [0.25, 0.3) is 0 Å². The Morgan fingerprint density at radius 3 is 2.90 bits per heavy atom. The zero-order valence-corrected chi connectivity index (χ0v) is 12.6. The third-order valence-electron chi connectivity index (χ3n) is 3.28. The summed E-state index contributed by atoms with van der Waals surface area (Å²) in [5.41, 5.74) is 3.62. The quantitative estimate of drug-likeness (QED) is 0.607. The second-order valence-electron chi connectivity index (χ2n) is 4.91. The number of hydrazine groups is 1. The normalized spacial score (nSPS) is 12.6. The molecule has 114 valence electrons. The first-order valence-electron chi connectivity index (χ1n) is 6.90. The zero-order chi connectivity index (χ0) is 15.2. The van der Waals surface area contributed by atoms with Crippen LogP contribution >= 0.6 is 11.6 Å². The number of nitrogens with two attached hydrogens (primary N) is 1. The van der Waals surface area contributed by atoms with E-state index in [0.29, 0.717) is 17.9 Å². The fourth-order valence-corrected chi connectivity index (χ4v) is 2.45. The van der Waals surface area contributed by atoms with E-state index in [9.17, 15) is 4.39 Å². The molecule has 3 N–H and O–H groups in total. The molecule has 21 heavy (non-hydrogen) atoms. The summed E-state index contributed by atoms with van der Waals surface area (Å²) in [6, 6.07) is 4.34. The standard InChI is InChI=1S/C14H19ClFN5/c1-2-5-21-14(18-9-19-21)8-12(20-17)6-10-3-4-11(16)7-13(10)15/h3-4,7,9,12,20H,2,5-6,8,17H2,1H3. The highest BCUT2D eigenvalue weighted by molar-refractivity contribution is 6.31. The molecule has 0 aliphatic heterocycles. The number of rotatable bonds is 7. The van der Waals surface area contributed by atoms with Gasteiger partial charge in [-0.05, 0) is 30.5 Å². The summed E-state index contributed by atoms with van der Waals surface area (Å²) < 4.78 is 14.9. The zero-order valence-electron chi connectivity index (χ0n) is 11.9. The van der Waals surface area contributed by atoms with Crippen molar-refractivity contribution in [1.29, 1.82) is 0 Å². The Bertz CT molecular complexity index is 586. The average molecular weight is 312 g/mol. The first-order valence-corrected chi connectivity index (χ1v) is 7.28. The molecule has 0 radical (unpaired) electrons. The lowest BCUT2D eigenvalue weighted by molar-refractivity contribution is 0.482. The van der Waals surface area contributed by atoms with Gasteiger partial charge in [-0.1, -0.05) is 24.6 Å². The van der Waals surface area contributed by atoms with Crippen LogP contribution in [0.15, 0.2) is 24.5 Å². The largest absolute Gasteiger partial charge is 0.271 e. The number of halogens is 2. The van der Waals surface area contributed by atoms with Gasteiger partial charge in [-0.15, -0.1) is 0 Å². The highest BCUT2D eigenvalue weighted by Crippen LogP contribution is 2.19. The molecule has 0 amide bonds. The second kappa shape index (κ2) is 7.49. The molecule has 1 heterocycles. The molecular formula is C14H19ClFN5. The summed E-state index contributed by atoms with van der Waals surface area (Å²) in [4.78, 5) is 4.26. The van der Waals surface area contributed by atoms with Crippen LogP contribution in [0, 0.1) is 5.82 Å². The van der Waals surface area contributed by atoms with Crippen LogP contribution in [-0.2, 0) is 19.4 Å². The number of nitrogens with zero attached hydrogens (tertiary/aromatic N) is 3.